The van der Waals surface area contributed by atoms with E-state index in [0.717, 1.165) is 24.3 Å². The van der Waals surface area contributed by atoms with Gasteiger partial charge >= 0.3 is 5.97 Å². The lowest BCUT2D eigenvalue weighted by Gasteiger charge is -2.23. The zero-order valence-corrected chi connectivity index (χ0v) is 11.5. The molecule has 1 aliphatic rings. The van der Waals surface area contributed by atoms with Gasteiger partial charge in [0.2, 0.25) is 5.91 Å². The zero-order chi connectivity index (χ0) is 14.8. The van der Waals surface area contributed by atoms with E-state index in [1.54, 1.807) is 4.90 Å². The third-order valence-corrected chi connectivity index (χ3v) is 3.76. The van der Waals surface area contributed by atoms with E-state index >= 15 is 0 Å². The summed E-state index contributed by atoms with van der Waals surface area (Å²) in [7, 11) is 0. The van der Waals surface area contributed by atoms with Gasteiger partial charge in [0.25, 0.3) is 0 Å². The van der Waals surface area contributed by atoms with E-state index < -0.39 is 5.97 Å². The molecule has 1 N–H and O–H groups in total. The lowest BCUT2D eigenvalue weighted by Crippen LogP contribution is -2.31. The number of fused-ring (bicyclic) bond motifs is 1. The van der Waals surface area contributed by atoms with Crippen LogP contribution in [0.25, 0.3) is 5.65 Å². The summed E-state index contributed by atoms with van der Waals surface area (Å²) in [4.78, 5) is 24.5. The van der Waals surface area contributed by atoms with Crippen LogP contribution in [0.15, 0.2) is 24.4 Å². The van der Waals surface area contributed by atoms with Crippen molar-refractivity contribution >= 4 is 17.5 Å². The summed E-state index contributed by atoms with van der Waals surface area (Å²) in [6.45, 7) is 0.644. The zero-order valence-electron chi connectivity index (χ0n) is 11.5. The molecule has 0 bridgehead atoms. The minimum absolute atomic E-state index is 0.0303. The normalized spacial score (nSPS) is 18.3. The van der Waals surface area contributed by atoms with Crippen molar-refractivity contribution < 1.29 is 14.7 Å². The third kappa shape index (κ3) is 2.58. The van der Waals surface area contributed by atoms with Gasteiger partial charge in [0.1, 0.15) is 0 Å². The Hall–Kier alpha value is -2.44. The molecule has 0 aliphatic carbocycles. The second-order valence-electron chi connectivity index (χ2n) is 5.13. The van der Waals surface area contributed by atoms with Crippen molar-refractivity contribution in [2.45, 2.75) is 31.7 Å². The fourth-order valence-corrected chi connectivity index (χ4v) is 2.78. The molecule has 110 valence electrons. The van der Waals surface area contributed by atoms with E-state index in [0.29, 0.717) is 6.54 Å². The van der Waals surface area contributed by atoms with Crippen LogP contribution >= 0.6 is 0 Å². The van der Waals surface area contributed by atoms with Crippen LogP contribution in [0.3, 0.4) is 0 Å². The maximum Gasteiger partial charge on any atom is 0.303 e. The highest BCUT2D eigenvalue weighted by Gasteiger charge is 2.33. The smallest absolute Gasteiger partial charge is 0.303 e. The molecule has 1 fully saturated rings. The molecule has 21 heavy (non-hydrogen) atoms. The largest absolute Gasteiger partial charge is 0.481 e. The highest BCUT2D eigenvalue weighted by atomic mass is 16.4. The number of amides is 1. The molecule has 3 heterocycles. The lowest BCUT2D eigenvalue weighted by atomic mass is 10.2. The summed E-state index contributed by atoms with van der Waals surface area (Å²) >= 11 is 0. The average molecular weight is 288 g/mol. The van der Waals surface area contributed by atoms with Crippen molar-refractivity contribution in [3.8, 4) is 0 Å². The van der Waals surface area contributed by atoms with E-state index in [-0.39, 0.29) is 24.8 Å². The SMILES string of the molecule is O=C(O)CCC(=O)N1CCC[C@H]1c1nnc2ccccn12. The third-order valence-electron chi connectivity index (χ3n) is 3.76. The van der Waals surface area contributed by atoms with E-state index in [9.17, 15) is 9.59 Å². The topological polar surface area (TPSA) is 87.8 Å². The number of rotatable bonds is 4. The van der Waals surface area contributed by atoms with Crippen LogP contribution in [0, 0.1) is 0 Å². The molecule has 7 heteroatoms. The molecule has 1 aliphatic heterocycles. The van der Waals surface area contributed by atoms with Gasteiger partial charge in [0.15, 0.2) is 11.5 Å². The summed E-state index contributed by atoms with van der Waals surface area (Å²) in [5.74, 6) is -0.341. The fraction of sp³-hybridized carbons (Fsp3) is 0.429. The number of likely N-dealkylation sites (tertiary alicyclic amines) is 1. The van der Waals surface area contributed by atoms with Gasteiger partial charge in [-0.3, -0.25) is 14.0 Å². The second-order valence-corrected chi connectivity index (χ2v) is 5.13. The number of hydrogen-bond donors (Lipinski definition) is 1. The number of pyridine rings is 1. The summed E-state index contributed by atoms with van der Waals surface area (Å²) < 4.78 is 1.88. The Labute approximate surface area is 121 Å². The number of nitrogens with zero attached hydrogens (tertiary/aromatic N) is 4. The molecule has 0 aromatic carbocycles. The molecule has 3 rings (SSSR count). The first-order valence-corrected chi connectivity index (χ1v) is 6.98. The molecule has 1 atom stereocenters. The monoisotopic (exact) mass is 288 g/mol. The molecular formula is C14H16N4O3. The van der Waals surface area contributed by atoms with Gasteiger partial charge in [0, 0.05) is 19.2 Å². The maximum absolute atomic E-state index is 12.2. The van der Waals surface area contributed by atoms with E-state index in [4.69, 9.17) is 5.11 Å². The number of hydrogen-bond acceptors (Lipinski definition) is 4. The summed E-state index contributed by atoms with van der Waals surface area (Å²) in [5.41, 5.74) is 0.748. The minimum atomic E-state index is -0.952. The number of carboxylic acids is 1. The maximum atomic E-state index is 12.2. The molecule has 2 aromatic rings. The van der Waals surface area contributed by atoms with Crippen LogP contribution in [0.2, 0.25) is 0 Å². The highest BCUT2D eigenvalue weighted by molar-refractivity contribution is 5.81. The van der Waals surface area contributed by atoms with Crippen LogP contribution in [0.1, 0.15) is 37.5 Å². The van der Waals surface area contributed by atoms with Gasteiger partial charge in [-0.2, -0.15) is 0 Å². The fourth-order valence-electron chi connectivity index (χ4n) is 2.78. The first kappa shape index (κ1) is 13.5. The van der Waals surface area contributed by atoms with Gasteiger partial charge in [-0.05, 0) is 25.0 Å². The van der Waals surface area contributed by atoms with Gasteiger partial charge in [0.05, 0.1) is 12.5 Å². The first-order valence-electron chi connectivity index (χ1n) is 6.98. The number of aliphatic carboxylic acids is 1. The van der Waals surface area contributed by atoms with Crippen LogP contribution in [0.4, 0.5) is 0 Å². The van der Waals surface area contributed by atoms with Crippen LogP contribution in [0.5, 0.6) is 0 Å². The van der Waals surface area contributed by atoms with Crippen molar-refractivity contribution in [1.82, 2.24) is 19.5 Å². The molecule has 0 unspecified atom stereocenters. The second kappa shape index (κ2) is 5.51. The van der Waals surface area contributed by atoms with Gasteiger partial charge < -0.3 is 10.0 Å². The van der Waals surface area contributed by atoms with Crippen molar-refractivity contribution in [3.05, 3.63) is 30.2 Å². The Kier molecular flexibility index (Phi) is 3.55. The molecule has 1 amide bonds. The molecule has 0 radical (unpaired) electrons. The van der Waals surface area contributed by atoms with E-state index in [1.165, 1.54) is 0 Å². The van der Waals surface area contributed by atoms with Crippen LogP contribution in [-0.2, 0) is 9.59 Å². The van der Waals surface area contributed by atoms with Crippen molar-refractivity contribution in [3.63, 3.8) is 0 Å². The molecule has 0 saturated carbocycles. The van der Waals surface area contributed by atoms with Crippen LogP contribution in [-0.4, -0.2) is 43.0 Å². The Morgan fingerprint density at radius 3 is 2.95 bits per heavy atom. The standard InChI is InChI=1S/C14H16N4O3/c19-12(6-7-13(20)21)17-9-3-4-10(17)14-16-15-11-5-1-2-8-18(11)14/h1-2,5,8,10H,3-4,6-7,9H2,(H,20,21)/t10-/m0/s1. The Morgan fingerprint density at radius 1 is 1.29 bits per heavy atom. The Bertz CT molecular complexity index is 682. The van der Waals surface area contributed by atoms with Gasteiger partial charge in [-0.15, -0.1) is 10.2 Å². The molecule has 7 nitrogen and oxygen atoms in total. The highest BCUT2D eigenvalue weighted by Crippen LogP contribution is 2.31. The first-order chi connectivity index (χ1) is 10.2. The lowest BCUT2D eigenvalue weighted by molar-refractivity contribution is -0.141. The summed E-state index contributed by atoms with van der Waals surface area (Å²) in [6, 6.07) is 5.52. The molecule has 1 saturated heterocycles. The average Bonchev–Trinajstić information content (AvgIpc) is 3.10. The number of carbonyl (C=O) groups is 2. The Balaban J connectivity index is 1.83. The number of carbonyl (C=O) groups excluding carboxylic acids is 1. The van der Waals surface area contributed by atoms with Crippen LogP contribution < -0.4 is 0 Å². The minimum Gasteiger partial charge on any atom is -0.481 e. The quantitative estimate of drug-likeness (QED) is 0.915. The van der Waals surface area contributed by atoms with Crippen molar-refractivity contribution in [1.29, 1.82) is 0 Å². The summed E-state index contributed by atoms with van der Waals surface area (Å²) in [6.07, 6.45) is 3.49. The van der Waals surface area contributed by atoms with Gasteiger partial charge in [-0.25, -0.2) is 0 Å². The van der Waals surface area contributed by atoms with E-state index in [1.807, 2.05) is 28.8 Å². The predicted octanol–water partition coefficient (Wildman–Crippen LogP) is 1.26. The van der Waals surface area contributed by atoms with Crippen molar-refractivity contribution in [2.24, 2.45) is 0 Å². The number of carboxylic acid groups (broad SMARTS) is 1. The molecular weight excluding hydrogens is 272 g/mol. The van der Waals surface area contributed by atoms with Gasteiger partial charge in [-0.1, -0.05) is 6.07 Å². The molecule has 2 aromatic heterocycles. The van der Waals surface area contributed by atoms with Crippen molar-refractivity contribution in [2.75, 3.05) is 6.54 Å². The Morgan fingerprint density at radius 2 is 2.14 bits per heavy atom. The summed E-state index contributed by atoms with van der Waals surface area (Å²) in [5, 5.41) is 17.0. The predicted molar refractivity (Wildman–Crippen MR) is 73.5 cm³/mol. The number of aromatic nitrogens is 3. The molecule has 0 spiro atoms. The van der Waals surface area contributed by atoms with E-state index in [2.05, 4.69) is 10.2 Å².